The molecule has 3 amide bonds. The van der Waals surface area contributed by atoms with Crippen molar-refractivity contribution in [2.75, 3.05) is 13.9 Å². The lowest BCUT2D eigenvalue weighted by Gasteiger charge is -2.22. The van der Waals surface area contributed by atoms with E-state index < -0.39 is 17.5 Å². The van der Waals surface area contributed by atoms with Crippen molar-refractivity contribution in [3.8, 4) is 28.7 Å². The third-order valence-corrected chi connectivity index (χ3v) is 5.32. The molecule has 0 unspecified atom stereocenters. The van der Waals surface area contributed by atoms with Gasteiger partial charge >= 0.3 is 6.03 Å². The highest BCUT2D eigenvalue weighted by molar-refractivity contribution is 6.07. The first-order valence-electron chi connectivity index (χ1n) is 9.49. The number of carbonyl (C=O) groups excluding carboxylic acids is 2. The van der Waals surface area contributed by atoms with Gasteiger partial charge in [-0.3, -0.25) is 9.69 Å². The third kappa shape index (κ3) is 3.12. The van der Waals surface area contributed by atoms with Gasteiger partial charge in [0.25, 0.3) is 5.91 Å². The van der Waals surface area contributed by atoms with Crippen LogP contribution < -0.4 is 19.5 Å². The Balaban J connectivity index is 1.36. The van der Waals surface area contributed by atoms with E-state index in [2.05, 4.69) is 15.5 Å². The molecule has 1 N–H and O–H groups in total. The predicted octanol–water partition coefficient (Wildman–Crippen LogP) is 2.44. The monoisotopic (exact) mass is 422 g/mol. The van der Waals surface area contributed by atoms with Gasteiger partial charge in [0.15, 0.2) is 11.5 Å². The number of aromatic nitrogens is 2. The van der Waals surface area contributed by atoms with Crippen molar-refractivity contribution in [2.24, 2.45) is 0 Å². The second-order valence-corrected chi connectivity index (χ2v) is 7.24. The van der Waals surface area contributed by atoms with Crippen LogP contribution in [0.25, 0.3) is 11.5 Å². The molecule has 1 atom stereocenters. The number of hydrogen-bond donors (Lipinski definition) is 1. The van der Waals surface area contributed by atoms with Crippen molar-refractivity contribution >= 4 is 11.9 Å². The van der Waals surface area contributed by atoms with Crippen LogP contribution in [0.2, 0.25) is 0 Å². The van der Waals surface area contributed by atoms with Crippen molar-refractivity contribution in [1.82, 2.24) is 20.4 Å². The molecule has 2 aromatic carbocycles. The summed E-state index contributed by atoms with van der Waals surface area (Å²) < 4.78 is 21.5. The summed E-state index contributed by atoms with van der Waals surface area (Å²) in [7, 11) is 1.58. The van der Waals surface area contributed by atoms with Gasteiger partial charge in [-0.1, -0.05) is 6.07 Å². The molecule has 1 fully saturated rings. The number of nitrogens with zero attached hydrogens (tertiary/aromatic N) is 3. The molecule has 31 heavy (non-hydrogen) atoms. The number of urea groups is 1. The molecule has 0 saturated carbocycles. The van der Waals surface area contributed by atoms with Gasteiger partial charge in [0.2, 0.25) is 18.6 Å². The zero-order valence-corrected chi connectivity index (χ0v) is 16.7. The van der Waals surface area contributed by atoms with Crippen LogP contribution in [0, 0.1) is 0 Å². The second-order valence-electron chi connectivity index (χ2n) is 7.24. The van der Waals surface area contributed by atoms with E-state index in [0.717, 1.165) is 4.90 Å². The number of methoxy groups -OCH3 is 1. The summed E-state index contributed by atoms with van der Waals surface area (Å²) in [6.07, 6.45) is 0. The molecule has 10 heteroatoms. The summed E-state index contributed by atoms with van der Waals surface area (Å²) in [6.45, 7) is 1.62. The lowest BCUT2D eigenvalue weighted by atomic mass is 9.91. The highest BCUT2D eigenvalue weighted by Crippen LogP contribution is 2.38. The molecule has 2 aliphatic rings. The maximum atomic E-state index is 13.2. The molecule has 158 valence electrons. The first-order chi connectivity index (χ1) is 15.0. The summed E-state index contributed by atoms with van der Waals surface area (Å²) in [5.41, 5.74) is 0.0284. The van der Waals surface area contributed by atoms with Crippen LogP contribution in [0.15, 0.2) is 46.9 Å². The first-order valence-corrected chi connectivity index (χ1v) is 9.49. The zero-order valence-electron chi connectivity index (χ0n) is 16.7. The van der Waals surface area contributed by atoms with Gasteiger partial charge in [0.05, 0.1) is 7.11 Å². The average Bonchev–Trinajstić information content (AvgIpc) is 3.49. The van der Waals surface area contributed by atoms with Crippen LogP contribution >= 0.6 is 0 Å². The number of hydrogen-bond acceptors (Lipinski definition) is 8. The van der Waals surface area contributed by atoms with Gasteiger partial charge in [0.1, 0.15) is 17.8 Å². The Morgan fingerprint density at radius 3 is 2.65 bits per heavy atom. The van der Waals surface area contributed by atoms with E-state index in [1.165, 1.54) is 0 Å². The molecule has 0 aliphatic carbocycles. The Bertz CT molecular complexity index is 1170. The van der Waals surface area contributed by atoms with Gasteiger partial charge in [-0.2, -0.15) is 0 Å². The molecule has 3 heterocycles. The maximum Gasteiger partial charge on any atom is 0.325 e. The summed E-state index contributed by atoms with van der Waals surface area (Å²) >= 11 is 0. The smallest absolute Gasteiger partial charge is 0.325 e. The number of benzene rings is 2. The standard InChI is InChI=1S/C21H18N4O6/c1-21(13-5-8-15-16(9-13)30-11-29-15)19(26)25(20(27)22-21)10-17-23-24-18(31-17)12-3-6-14(28-2)7-4-12/h3-9H,10-11H2,1-2H3,(H,22,27)/t21-/m0/s1. The molecular weight excluding hydrogens is 404 g/mol. The summed E-state index contributed by atoms with van der Waals surface area (Å²) in [6, 6.07) is 11.7. The van der Waals surface area contributed by atoms with Gasteiger partial charge < -0.3 is 23.9 Å². The van der Waals surface area contributed by atoms with Crippen molar-refractivity contribution in [3.05, 3.63) is 53.9 Å². The largest absolute Gasteiger partial charge is 0.497 e. The van der Waals surface area contributed by atoms with Crippen LogP contribution in [0.4, 0.5) is 4.79 Å². The van der Waals surface area contributed by atoms with Crippen molar-refractivity contribution in [2.45, 2.75) is 19.0 Å². The van der Waals surface area contributed by atoms with Gasteiger partial charge in [-0.15, -0.1) is 10.2 Å². The zero-order chi connectivity index (χ0) is 21.6. The van der Waals surface area contributed by atoms with Crippen LogP contribution in [0.5, 0.6) is 17.2 Å². The molecule has 5 rings (SSSR count). The number of nitrogens with one attached hydrogen (secondary N) is 1. The summed E-state index contributed by atoms with van der Waals surface area (Å²) in [5.74, 6) is 1.82. The van der Waals surface area contributed by atoms with Gasteiger partial charge in [-0.25, -0.2) is 4.79 Å². The number of rotatable bonds is 5. The quantitative estimate of drug-likeness (QED) is 0.624. The second kappa shape index (κ2) is 7.01. The predicted molar refractivity (Wildman–Crippen MR) is 105 cm³/mol. The lowest BCUT2D eigenvalue weighted by molar-refractivity contribution is -0.131. The van der Waals surface area contributed by atoms with E-state index in [-0.39, 0.29) is 25.1 Å². The summed E-state index contributed by atoms with van der Waals surface area (Å²) in [4.78, 5) is 26.8. The normalized spacial score (nSPS) is 19.6. The fourth-order valence-corrected chi connectivity index (χ4v) is 3.55. The number of imide groups is 1. The van der Waals surface area contributed by atoms with Crippen molar-refractivity contribution < 1.29 is 28.2 Å². The minimum absolute atomic E-state index is 0.121. The van der Waals surface area contributed by atoms with E-state index in [4.69, 9.17) is 18.6 Å². The molecule has 3 aromatic rings. The highest BCUT2D eigenvalue weighted by atomic mass is 16.7. The molecule has 1 saturated heterocycles. The minimum atomic E-state index is -1.25. The van der Waals surface area contributed by atoms with Crippen LogP contribution in [-0.2, 0) is 16.9 Å². The number of carbonyl (C=O) groups is 2. The van der Waals surface area contributed by atoms with E-state index in [1.54, 1.807) is 56.5 Å². The average molecular weight is 422 g/mol. The van der Waals surface area contributed by atoms with Crippen LogP contribution in [0.3, 0.4) is 0 Å². The lowest BCUT2D eigenvalue weighted by Crippen LogP contribution is -2.40. The number of fused-ring (bicyclic) bond motifs is 1. The van der Waals surface area contributed by atoms with Crippen molar-refractivity contribution in [1.29, 1.82) is 0 Å². The van der Waals surface area contributed by atoms with E-state index >= 15 is 0 Å². The molecule has 10 nitrogen and oxygen atoms in total. The van der Waals surface area contributed by atoms with E-state index in [9.17, 15) is 9.59 Å². The molecule has 0 radical (unpaired) electrons. The Kier molecular flexibility index (Phi) is 4.28. The van der Waals surface area contributed by atoms with Gasteiger partial charge in [0, 0.05) is 5.56 Å². The van der Waals surface area contributed by atoms with Gasteiger partial charge in [-0.05, 0) is 48.9 Å². The Morgan fingerprint density at radius 2 is 1.87 bits per heavy atom. The molecule has 2 aliphatic heterocycles. The first kappa shape index (κ1) is 18.9. The Labute approximate surface area is 176 Å². The third-order valence-electron chi connectivity index (χ3n) is 5.32. The maximum absolute atomic E-state index is 13.2. The van der Waals surface area contributed by atoms with E-state index in [1.807, 2.05) is 0 Å². The van der Waals surface area contributed by atoms with Crippen molar-refractivity contribution in [3.63, 3.8) is 0 Å². The number of amides is 3. The molecule has 0 bridgehead atoms. The SMILES string of the molecule is COc1ccc(-c2nnc(CN3C(=O)N[C@@](C)(c4ccc5c(c4)OCO5)C3=O)o2)cc1. The summed E-state index contributed by atoms with van der Waals surface area (Å²) in [5, 5.41) is 10.7. The van der Waals surface area contributed by atoms with Crippen LogP contribution in [0.1, 0.15) is 18.4 Å². The Morgan fingerprint density at radius 1 is 1.10 bits per heavy atom. The molecule has 1 aromatic heterocycles. The Hall–Kier alpha value is -4.08. The molecule has 0 spiro atoms. The number of ether oxygens (including phenoxy) is 3. The van der Waals surface area contributed by atoms with E-state index in [0.29, 0.717) is 28.4 Å². The van der Waals surface area contributed by atoms with Crippen LogP contribution in [-0.4, -0.2) is 40.9 Å². The highest BCUT2D eigenvalue weighted by Gasteiger charge is 2.49. The topological polar surface area (TPSA) is 116 Å². The fourth-order valence-electron chi connectivity index (χ4n) is 3.55. The fraction of sp³-hybridized carbons (Fsp3) is 0.238. The minimum Gasteiger partial charge on any atom is -0.497 e. The molecular formula is C21H18N4O6.